The summed E-state index contributed by atoms with van der Waals surface area (Å²) in [5, 5.41) is 29.4. The van der Waals surface area contributed by atoms with Crippen molar-refractivity contribution in [3.8, 4) is 11.8 Å². The first-order chi connectivity index (χ1) is 12.6. The topological polar surface area (TPSA) is 135 Å². The molecule has 2 aromatic heterocycles. The van der Waals surface area contributed by atoms with Crippen molar-refractivity contribution < 1.29 is 14.7 Å². The standard InChI is InChI=1S/C16H10N6O3S/c17-7-10-1-6-13(18-8-10)14(23)9-26-16-19-20-21-22(16)12-4-2-11(3-5-12)15(24)25/h1-6,8H,9H2,(H,24,25). The van der Waals surface area contributed by atoms with Crippen molar-refractivity contribution >= 4 is 23.5 Å². The van der Waals surface area contributed by atoms with Crippen LogP contribution in [0.15, 0.2) is 47.8 Å². The normalized spacial score (nSPS) is 10.3. The first-order valence-corrected chi connectivity index (χ1v) is 8.21. The largest absolute Gasteiger partial charge is 0.478 e. The van der Waals surface area contributed by atoms with Gasteiger partial charge in [0.15, 0.2) is 5.78 Å². The van der Waals surface area contributed by atoms with E-state index in [4.69, 9.17) is 10.4 Å². The van der Waals surface area contributed by atoms with E-state index in [-0.39, 0.29) is 22.8 Å². The monoisotopic (exact) mass is 366 g/mol. The van der Waals surface area contributed by atoms with E-state index < -0.39 is 5.97 Å². The summed E-state index contributed by atoms with van der Waals surface area (Å²) in [6.45, 7) is 0. The van der Waals surface area contributed by atoms with Crippen LogP contribution in [0.25, 0.3) is 5.69 Å². The number of ketones is 1. The highest BCUT2D eigenvalue weighted by atomic mass is 32.2. The highest BCUT2D eigenvalue weighted by Gasteiger charge is 2.14. The number of pyridine rings is 1. The summed E-state index contributed by atoms with van der Waals surface area (Å²) < 4.78 is 1.41. The summed E-state index contributed by atoms with van der Waals surface area (Å²) in [6, 6.07) is 11.0. The molecule has 0 aliphatic heterocycles. The number of carboxylic acid groups (broad SMARTS) is 1. The number of nitrogens with zero attached hydrogens (tertiary/aromatic N) is 6. The minimum Gasteiger partial charge on any atom is -0.478 e. The Kier molecular flexibility index (Phi) is 5.00. The SMILES string of the molecule is N#Cc1ccc(C(=O)CSc2nnnn2-c2ccc(C(=O)O)cc2)nc1. The number of nitriles is 1. The fourth-order valence-corrected chi connectivity index (χ4v) is 2.77. The van der Waals surface area contributed by atoms with Gasteiger partial charge >= 0.3 is 5.97 Å². The van der Waals surface area contributed by atoms with E-state index in [1.807, 2.05) is 6.07 Å². The van der Waals surface area contributed by atoms with Crippen molar-refractivity contribution in [3.63, 3.8) is 0 Å². The Labute approximate surface area is 151 Å². The van der Waals surface area contributed by atoms with Crippen LogP contribution in [0, 0.1) is 11.3 Å². The van der Waals surface area contributed by atoms with Crippen LogP contribution < -0.4 is 0 Å². The molecule has 0 atom stereocenters. The van der Waals surface area contributed by atoms with Gasteiger partial charge in [-0.15, -0.1) is 5.10 Å². The molecule has 0 unspecified atom stereocenters. The van der Waals surface area contributed by atoms with Gasteiger partial charge in [-0.25, -0.2) is 4.79 Å². The summed E-state index contributed by atoms with van der Waals surface area (Å²) in [5.41, 5.74) is 1.36. The number of hydrogen-bond donors (Lipinski definition) is 1. The van der Waals surface area contributed by atoms with Crippen molar-refractivity contribution in [2.45, 2.75) is 5.16 Å². The van der Waals surface area contributed by atoms with E-state index in [0.29, 0.717) is 16.4 Å². The minimum absolute atomic E-state index is 0.0620. The molecule has 1 aromatic carbocycles. The Morgan fingerprint density at radius 2 is 1.96 bits per heavy atom. The second kappa shape index (κ2) is 7.54. The number of aromatic nitrogens is 5. The molecule has 0 spiro atoms. The number of carbonyl (C=O) groups excluding carboxylic acids is 1. The number of rotatable bonds is 6. The molecule has 0 amide bonds. The number of aromatic carboxylic acids is 1. The second-order valence-electron chi connectivity index (χ2n) is 4.98. The van der Waals surface area contributed by atoms with Crippen LogP contribution >= 0.6 is 11.8 Å². The van der Waals surface area contributed by atoms with Gasteiger partial charge in [0.25, 0.3) is 0 Å². The molecular formula is C16H10N6O3S. The molecule has 0 saturated carbocycles. The Hall–Kier alpha value is -3.58. The van der Waals surface area contributed by atoms with E-state index in [9.17, 15) is 9.59 Å². The molecule has 26 heavy (non-hydrogen) atoms. The minimum atomic E-state index is -1.02. The van der Waals surface area contributed by atoms with Crippen molar-refractivity contribution in [1.29, 1.82) is 5.26 Å². The number of benzene rings is 1. The molecule has 0 aliphatic carbocycles. The average molecular weight is 366 g/mol. The number of carbonyl (C=O) groups is 2. The maximum Gasteiger partial charge on any atom is 0.335 e. The molecule has 0 fully saturated rings. The number of hydrogen-bond acceptors (Lipinski definition) is 8. The quantitative estimate of drug-likeness (QED) is 0.509. The summed E-state index contributed by atoms with van der Waals surface area (Å²) in [6.07, 6.45) is 1.34. The first-order valence-electron chi connectivity index (χ1n) is 7.23. The van der Waals surface area contributed by atoms with Crippen molar-refractivity contribution in [1.82, 2.24) is 25.2 Å². The third-order valence-corrected chi connectivity index (χ3v) is 4.23. The summed E-state index contributed by atoms with van der Waals surface area (Å²) in [5.74, 6) is -1.19. The fourth-order valence-electron chi connectivity index (χ4n) is 2.01. The van der Waals surface area contributed by atoms with Crippen molar-refractivity contribution in [3.05, 3.63) is 59.4 Å². The third kappa shape index (κ3) is 3.73. The number of carboxylic acids is 1. The highest BCUT2D eigenvalue weighted by Crippen LogP contribution is 2.19. The van der Waals surface area contributed by atoms with Gasteiger partial charge in [0.1, 0.15) is 11.8 Å². The zero-order chi connectivity index (χ0) is 18.5. The Morgan fingerprint density at radius 1 is 1.19 bits per heavy atom. The lowest BCUT2D eigenvalue weighted by Crippen LogP contribution is -2.07. The molecule has 0 aliphatic rings. The van der Waals surface area contributed by atoms with E-state index in [1.54, 1.807) is 12.1 Å². The molecule has 2 heterocycles. The highest BCUT2D eigenvalue weighted by molar-refractivity contribution is 7.99. The van der Waals surface area contributed by atoms with E-state index >= 15 is 0 Å². The summed E-state index contributed by atoms with van der Waals surface area (Å²) in [4.78, 5) is 27.1. The Balaban J connectivity index is 1.71. The van der Waals surface area contributed by atoms with Gasteiger partial charge in [0.2, 0.25) is 5.16 Å². The first kappa shape index (κ1) is 17.2. The van der Waals surface area contributed by atoms with E-state index in [2.05, 4.69) is 20.5 Å². The lowest BCUT2D eigenvalue weighted by molar-refractivity contribution is 0.0696. The van der Waals surface area contributed by atoms with Crippen LogP contribution in [-0.2, 0) is 0 Å². The Morgan fingerprint density at radius 3 is 2.58 bits per heavy atom. The predicted molar refractivity (Wildman–Crippen MR) is 90.1 cm³/mol. The molecule has 9 nitrogen and oxygen atoms in total. The lowest BCUT2D eigenvalue weighted by atomic mass is 10.2. The fraction of sp³-hybridized carbons (Fsp3) is 0.0625. The van der Waals surface area contributed by atoms with Crippen LogP contribution in [0.3, 0.4) is 0 Å². The van der Waals surface area contributed by atoms with Gasteiger partial charge in [0, 0.05) is 6.20 Å². The van der Waals surface area contributed by atoms with E-state index in [1.165, 1.54) is 35.1 Å². The van der Waals surface area contributed by atoms with Gasteiger partial charge in [-0.05, 0) is 46.8 Å². The molecule has 3 rings (SSSR count). The number of tetrazole rings is 1. The molecule has 10 heteroatoms. The number of Topliss-reactive ketones (excluding diaryl/α,β-unsaturated/α-hetero) is 1. The van der Waals surface area contributed by atoms with Crippen LogP contribution in [0.1, 0.15) is 26.4 Å². The predicted octanol–water partition coefficient (Wildman–Crippen LogP) is 1.60. The van der Waals surface area contributed by atoms with Gasteiger partial charge in [0.05, 0.1) is 22.6 Å². The molecule has 1 N–H and O–H groups in total. The summed E-state index contributed by atoms with van der Waals surface area (Å²) in [7, 11) is 0. The molecule has 128 valence electrons. The maximum atomic E-state index is 12.2. The van der Waals surface area contributed by atoms with Gasteiger partial charge in [-0.1, -0.05) is 11.8 Å². The van der Waals surface area contributed by atoms with Gasteiger partial charge in [-0.3, -0.25) is 9.78 Å². The molecule has 0 radical (unpaired) electrons. The third-order valence-electron chi connectivity index (χ3n) is 3.31. The Bertz CT molecular complexity index is 992. The van der Waals surface area contributed by atoms with Crippen molar-refractivity contribution in [2.75, 3.05) is 5.75 Å². The van der Waals surface area contributed by atoms with Crippen molar-refractivity contribution in [2.24, 2.45) is 0 Å². The summed E-state index contributed by atoms with van der Waals surface area (Å²) >= 11 is 1.13. The van der Waals surface area contributed by atoms with E-state index in [0.717, 1.165) is 11.8 Å². The molecule has 0 saturated heterocycles. The molecule has 0 bridgehead atoms. The van der Waals surface area contributed by atoms with Crippen LogP contribution in [0.5, 0.6) is 0 Å². The van der Waals surface area contributed by atoms with Crippen LogP contribution in [0.4, 0.5) is 0 Å². The molecular weight excluding hydrogens is 356 g/mol. The number of thioether (sulfide) groups is 1. The second-order valence-corrected chi connectivity index (χ2v) is 5.92. The van der Waals surface area contributed by atoms with Gasteiger partial charge < -0.3 is 5.11 Å². The molecule has 3 aromatic rings. The maximum absolute atomic E-state index is 12.2. The van der Waals surface area contributed by atoms with Crippen LogP contribution in [-0.4, -0.2) is 47.8 Å². The lowest BCUT2D eigenvalue weighted by Gasteiger charge is -2.04. The van der Waals surface area contributed by atoms with Gasteiger partial charge in [-0.2, -0.15) is 9.94 Å². The van der Waals surface area contributed by atoms with Crippen LogP contribution in [0.2, 0.25) is 0 Å². The smallest absolute Gasteiger partial charge is 0.335 e. The zero-order valence-electron chi connectivity index (χ0n) is 13.1. The average Bonchev–Trinajstić information content (AvgIpc) is 3.15. The zero-order valence-corrected chi connectivity index (χ0v) is 13.9.